The van der Waals surface area contributed by atoms with Gasteiger partial charge < -0.3 is 10.2 Å². The molecule has 2 aromatic rings. The van der Waals surface area contributed by atoms with Gasteiger partial charge in [0.2, 0.25) is 5.91 Å². The number of nitrogens with one attached hydrogen (secondary N) is 1. The molecule has 1 aliphatic heterocycles. The second kappa shape index (κ2) is 8.36. The van der Waals surface area contributed by atoms with Crippen LogP contribution in [0.25, 0.3) is 0 Å². The Balaban J connectivity index is 1.58. The van der Waals surface area contributed by atoms with Crippen LogP contribution >= 0.6 is 23.4 Å². The smallest absolute Gasteiger partial charge is 0.274 e. The van der Waals surface area contributed by atoms with Gasteiger partial charge in [0.25, 0.3) is 5.91 Å². The van der Waals surface area contributed by atoms with Gasteiger partial charge in [0.05, 0.1) is 6.42 Å². The molecule has 7 heteroatoms. The number of rotatable bonds is 4. The SMILES string of the molecule is O=C(Nc1ccc(CC(=O)N2CCSCC2)cc1)c1cc(Cl)ccn1. The van der Waals surface area contributed by atoms with E-state index in [4.69, 9.17) is 11.6 Å². The second-order valence-electron chi connectivity index (χ2n) is 5.68. The summed E-state index contributed by atoms with van der Waals surface area (Å²) in [6.45, 7) is 1.65. The molecule has 0 unspecified atom stereocenters. The van der Waals surface area contributed by atoms with Gasteiger partial charge in [-0.25, -0.2) is 0 Å². The number of amides is 2. The quantitative estimate of drug-likeness (QED) is 0.891. The van der Waals surface area contributed by atoms with Gasteiger partial charge in [-0.2, -0.15) is 11.8 Å². The highest BCUT2D eigenvalue weighted by Gasteiger charge is 2.17. The molecule has 1 aliphatic rings. The number of carbonyl (C=O) groups excluding carboxylic acids is 2. The van der Waals surface area contributed by atoms with E-state index in [0.717, 1.165) is 30.2 Å². The second-order valence-corrected chi connectivity index (χ2v) is 7.34. The van der Waals surface area contributed by atoms with E-state index in [0.29, 0.717) is 17.1 Å². The summed E-state index contributed by atoms with van der Waals surface area (Å²) in [5.41, 5.74) is 1.84. The van der Waals surface area contributed by atoms with Crippen molar-refractivity contribution in [2.75, 3.05) is 29.9 Å². The molecule has 0 spiro atoms. The average molecular weight is 376 g/mol. The zero-order valence-electron chi connectivity index (χ0n) is 13.6. The van der Waals surface area contributed by atoms with Crippen LogP contribution in [-0.4, -0.2) is 46.3 Å². The van der Waals surface area contributed by atoms with Crippen molar-refractivity contribution >= 4 is 40.9 Å². The maximum Gasteiger partial charge on any atom is 0.274 e. The fourth-order valence-corrected chi connectivity index (χ4v) is 3.59. The topological polar surface area (TPSA) is 62.3 Å². The van der Waals surface area contributed by atoms with E-state index in [-0.39, 0.29) is 17.5 Å². The monoisotopic (exact) mass is 375 g/mol. The number of nitrogens with zero attached hydrogens (tertiary/aromatic N) is 2. The van der Waals surface area contributed by atoms with Gasteiger partial charge in [-0.05, 0) is 29.8 Å². The fourth-order valence-electron chi connectivity index (χ4n) is 2.53. The van der Waals surface area contributed by atoms with Crippen molar-refractivity contribution in [1.82, 2.24) is 9.88 Å². The first-order valence-electron chi connectivity index (χ1n) is 7.99. The molecule has 1 fully saturated rings. The summed E-state index contributed by atoms with van der Waals surface area (Å²) >= 11 is 7.75. The molecule has 1 aromatic carbocycles. The minimum atomic E-state index is -0.322. The Kier molecular flexibility index (Phi) is 5.94. The fraction of sp³-hybridized carbons (Fsp3) is 0.278. The molecule has 2 amide bonds. The number of carbonyl (C=O) groups is 2. The van der Waals surface area contributed by atoms with E-state index >= 15 is 0 Å². The van der Waals surface area contributed by atoms with Gasteiger partial charge in [-0.3, -0.25) is 14.6 Å². The molecule has 3 rings (SSSR count). The standard InChI is InChI=1S/C18H18ClN3O2S/c19-14-5-6-20-16(12-14)18(24)21-15-3-1-13(2-4-15)11-17(23)22-7-9-25-10-8-22/h1-6,12H,7-11H2,(H,21,24). The predicted molar refractivity (Wildman–Crippen MR) is 101 cm³/mol. The van der Waals surface area contributed by atoms with Gasteiger partial charge >= 0.3 is 0 Å². The molecular formula is C18H18ClN3O2S. The molecule has 0 bridgehead atoms. The maximum atomic E-state index is 12.3. The molecule has 0 saturated carbocycles. The number of halogens is 1. The third-order valence-corrected chi connectivity index (χ3v) is 5.06. The highest BCUT2D eigenvalue weighted by atomic mass is 35.5. The number of anilines is 1. The number of benzene rings is 1. The first-order valence-corrected chi connectivity index (χ1v) is 9.52. The summed E-state index contributed by atoms with van der Waals surface area (Å²) in [5.74, 6) is 1.85. The summed E-state index contributed by atoms with van der Waals surface area (Å²) in [6.07, 6.45) is 1.87. The number of aromatic nitrogens is 1. The van der Waals surface area contributed by atoms with E-state index in [1.54, 1.807) is 18.2 Å². The van der Waals surface area contributed by atoms with Crippen LogP contribution in [0, 0.1) is 0 Å². The summed E-state index contributed by atoms with van der Waals surface area (Å²) in [5, 5.41) is 3.23. The summed E-state index contributed by atoms with van der Waals surface area (Å²) in [6, 6.07) is 10.4. The van der Waals surface area contributed by atoms with Crippen molar-refractivity contribution < 1.29 is 9.59 Å². The Morgan fingerprint density at radius 1 is 1.16 bits per heavy atom. The molecule has 2 heterocycles. The number of hydrogen-bond acceptors (Lipinski definition) is 4. The lowest BCUT2D eigenvalue weighted by Gasteiger charge is -2.26. The molecule has 5 nitrogen and oxygen atoms in total. The minimum Gasteiger partial charge on any atom is -0.341 e. The van der Waals surface area contributed by atoms with Crippen molar-refractivity contribution in [3.8, 4) is 0 Å². The zero-order chi connectivity index (χ0) is 17.6. The lowest BCUT2D eigenvalue weighted by atomic mass is 10.1. The number of thioether (sulfide) groups is 1. The Hall–Kier alpha value is -2.05. The largest absolute Gasteiger partial charge is 0.341 e. The van der Waals surface area contributed by atoms with Crippen molar-refractivity contribution in [2.24, 2.45) is 0 Å². The van der Waals surface area contributed by atoms with E-state index < -0.39 is 0 Å². The first kappa shape index (κ1) is 17.8. The van der Waals surface area contributed by atoms with Crippen molar-refractivity contribution in [3.05, 3.63) is 58.9 Å². The minimum absolute atomic E-state index is 0.153. The third kappa shape index (κ3) is 4.96. The summed E-state index contributed by atoms with van der Waals surface area (Å²) in [4.78, 5) is 30.3. The number of pyridine rings is 1. The van der Waals surface area contributed by atoms with E-state index in [1.807, 2.05) is 28.8 Å². The van der Waals surface area contributed by atoms with Crippen LogP contribution in [0.2, 0.25) is 5.02 Å². The van der Waals surface area contributed by atoms with E-state index in [1.165, 1.54) is 12.3 Å². The average Bonchev–Trinajstić information content (AvgIpc) is 2.64. The van der Waals surface area contributed by atoms with Crippen LogP contribution in [0.15, 0.2) is 42.6 Å². The van der Waals surface area contributed by atoms with Crippen LogP contribution in [0.1, 0.15) is 16.1 Å². The van der Waals surface area contributed by atoms with Gasteiger partial charge in [0, 0.05) is 41.5 Å². The van der Waals surface area contributed by atoms with Crippen molar-refractivity contribution in [3.63, 3.8) is 0 Å². The lowest BCUT2D eigenvalue weighted by Crippen LogP contribution is -2.38. The molecule has 25 heavy (non-hydrogen) atoms. The Bertz CT molecular complexity index is 761. The van der Waals surface area contributed by atoms with Crippen molar-refractivity contribution in [2.45, 2.75) is 6.42 Å². The maximum absolute atomic E-state index is 12.3. The Morgan fingerprint density at radius 2 is 1.88 bits per heavy atom. The molecule has 1 saturated heterocycles. The van der Waals surface area contributed by atoms with Crippen LogP contribution in [0.4, 0.5) is 5.69 Å². The molecular weight excluding hydrogens is 358 g/mol. The van der Waals surface area contributed by atoms with Gasteiger partial charge in [-0.1, -0.05) is 23.7 Å². The molecule has 1 aromatic heterocycles. The third-order valence-electron chi connectivity index (χ3n) is 3.89. The highest BCUT2D eigenvalue weighted by Crippen LogP contribution is 2.15. The lowest BCUT2D eigenvalue weighted by molar-refractivity contribution is -0.130. The van der Waals surface area contributed by atoms with Crippen molar-refractivity contribution in [1.29, 1.82) is 0 Å². The Morgan fingerprint density at radius 3 is 2.56 bits per heavy atom. The van der Waals surface area contributed by atoms with Crippen LogP contribution < -0.4 is 5.32 Å². The van der Waals surface area contributed by atoms with Crippen LogP contribution in [0.5, 0.6) is 0 Å². The number of hydrogen-bond donors (Lipinski definition) is 1. The van der Waals surface area contributed by atoms with Gasteiger partial charge in [-0.15, -0.1) is 0 Å². The highest BCUT2D eigenvalue weighted by molar-refractivity contribution is 7.99. The first-order chi connectivity index (χ1) is 12.1. The molecule has 0 aliphatic carbocycles. The molecule has 1 N–H and O–H groups in total. The predicted octanol–water partition coefficient (Wildman–Crippen LogP) is 3.11. The van der Waals surface area contributed by atoms with Gasteiger partial charge in [0.1, 0.15) is 5.69 Å². The summed E-state index contributed by atoms with van der Waals surface area (Å²) < 4.78 is 0. The zero-order valence-corrected chi connectivity index (χ0v) is 15.1. The van der Waals surface area contributed by atoms with Gasteiger partial charge in [0.15, 0.2) is 0 Å². The summed E-state index contributed by atoms with van der Waals surface area (Å²) in [7, 11) is 0. The Labute approximate surface area is 155 Å². The van der Waals surface area contributed by atoms with Crippen LogP contribution in [0.3, 0.4) is 0 Å². The molecule has 130 valence electrons. The van der Waals surface area contributed by atoms with Crippen LogP contribution in [-0.2, 0) is 11.2 Å². The molecule has 0 radical (unpaired) electrons. The normalized spacial score (nSPS) is 14.2. The molecule has 0 atom stereocenters. The van der Waals surface area contributed by atoms with E-state index in [2.05, 4.69) is 10.3 Å². The van der Waals surface area contributed by atoms with E-state index in [9.17, 15) is 9.59 Å².